The van der Waals surface area contributed by atoms with Gasteiger partial charge >= 0.3 is 0 Å². The lowest BCUT2D eigenvalue weighted by molar-refractivity contribution is 0.392. The Morgan fingerprint density at radius 2 is 1.88 bits per heavy atom. The van der Waals surface area contributed by atoms with E-state index in [1.54, 1.807) is 25.4 Å². The number of hydrogen-bond donors (Lipinski definition) is 2. The van der Waals surface area contributed by atoms with Crippen LogP contribution in [0.2, 0.25) is 0 Å². The van der Waals surface area contributed by atoms with Crippen LogP contribution < -0.4 is 15.0 Å². The van der Waals surface area contributed by atoms with E-state index in [1.165, 1.54) is 6.20 Å². The highest BCUT2D eigenvalue weighted by Crippen LogP contribution is 2.38. The fraction of sp³-hybridized carbons (Fsp3) is 0.333. The van der Waals surface area contributed by atoms with Crippen molar-refractivity contribution in [2.75, 3.05) is 18.1 Å². The molecule has 0 fully saturated rings. The average Bonchev–Trinajstić information content (AvgIpc) is 2.71. The van der Waals surface area contributed by atoms with E-state index in [-0.39, 0.29) is 11.0 Å². The first-order valence-corrected chi connectivity index (χ1v) is 12.2. The van der Waals surface area contributed by atoms with Gasteiger partial charge in [-0.15, -0.1) is 0 Å². The minimum Gasteiger partial charge on any atom is -0.496 e. The minimum atomic E-state index is -3.34. The number of benzene rings is 1. The van der Waals surface area contributed by atoms with Crippen molar-refractivity contribution in [1.29, 1.82) is 0 Å². The topological polar surface area (TPSA) is 101 Å². The molecule has 8 heteroatoms. The number of aromatic nitrogens is 2. The van der Waals surface area contributed by atoms with Crippen LogP contribution in [-0.4, -0.2) is 31.8 Å². The Labute approximate surface area is 188 Å². The molecule has 7 nitrogen and oxygen atoms in total. The van der Waals surface area contributed by atoms with Crippen LogP contribution in [0.5, 0.6) is 5.75 Å². The van der Waals surface area contributed by atoms with E-state index < -0.39 is 10.0 Å². The summed E-state index contributed by atoms with van der Waals surface area (Å²) in [7, 11) is -1.68. The molecule has 3 aromatic rings. The number of pyridine rings is 2. The van der Waals surface area contributed by atoms with Gasteiger partial charge in [0.15, 0.2) is 0 Å². The first-order valence-electron chi connectivity index (χ1n) is 10.3. The summed E-state index contributed by atoms with van der Waals surface area (Å²) in [5.74, 6) is 0.809. The number of nitrogens with zero attached hydrogens (tertiary/aromatic N) is 1. The molecule has 170 valence electrons. The third kappa shape index (κ3) is 5.76. The molecule has 0 saturated heterocycles. The highest BCUT2D eigenvalue weighted by molar-refractivity contribution is 7.92. The summed E-state index contributed by atoms with van der Waals surface area (Å²) in [6.45, 7) is 6.34. The Hall–Kier alpha value is -3.13. The number of nitrogens with one attached hydrogen (secondary N) is 2. The highest BCUT2D eigenvalue weighted by atomic mass is 32.2. The Morgan fingerprint density at radius 1 is 1.12 bits per heavy atom. The van der Waals surface area contributed by atoms with Crippen LogP contribution in [0.15, 0.2) is 53.6 Å². The van der Waals surface area contributed by atoms with Gasteiger partial charge in [0.2, 0.25) is 10.0 Å². The van der Waals surface area contributed by atoms with Crippen molar-refractivity contribution >= 4 is 15.7 Å². The van der Waals surface area contributed by atoms with E-state index in [2.05, 4.69) is 35.5 Å². The lowest BCUT2D eigenvalue weighted by Gasteiger charge is -2.25. The van der Waals surface area contributed by atoms with Crippen molar-refractivity contribution in [2.45, 2.75) is 39.0 Å². The molecule has 0 bridgehead atoms. The van der Waals surface area contributed by atoms with Crippen LogP contribution in [0, 0.1) is 0 Å². The van der Waals surface area contributed by atoms with Crippen molar-refractivity contribution in [3.63, 3.8) is 0 Å². The van der Waals surface area contributed by atoms with Crippen molar-refractivity contribution in [3.05, 3.63) is 76.0 Å². The molecule has 0 aliphatic carbocycles. The fourth-order valence-electron chi connectivity index (χ4n) is 3.59. The van der Waals surface area contributed by atoms with Gasteiger partial charge in [-0.1, -0.05) is 20.8 Å². The van der Waals surface area contributed by atoms with Crippen LogP contribution in [-0.2, 0) is 28.3 Å². The average molecular weight is 456 g/mol. The molecule has 3 rings (SSSR count). The third-order valence-electron chi connectivity index (χ3n) is 5.09. The SMILES string of the molecule is COc1c(CCc2ccc(NS(C)(=O)=O)cn2)cc(-c2ccc[nH]c2=O)cc1C(C)(C)C. The number of H-pyrrole nitrogens is 1. The van der Waals surface area contributed by atoms with Gasteiger partial charge in [-0.25, -0.2) is 8.42 Å². The van der Waals surface area contributed by atoms with Crippen molar-refractivity contribution < 1.29 is 13.2 Å². The number of sulfonamides is 1. The zero-order valence-electron chi connectivity index (χ0n) is 19.0. The van der Waals surface area contributed by atoms with Crippen LogP contribution in [0.25, 0.3) is 11.1 Å². The van der Waals surface area contributed by atoms with Crippen LogP contribution in [0.4, 0.5) is 5.69 Å². The molecule has 0 atom stereocenters. The van der Waals surface area contributed by atoms with Crippen LogP contribution in [0.3, 0.4) is 0 Å². The molecule has 0 amide bonds. The van der Waals surface area contributed by atoms with E-state index in [9.17, 15) is 13.2 Å². The largest absolute Gasteiger partial charge is 0.496 e. The molecule has 2 N–H and O–H groups in total. The minimum absolute atomic E-state index is 0.140. The molecule has 0 radical (unpaired) electrons. The van der Waals surface area contributed by atoms with E-state index >= 15 is 0 Å². The van der Waals surface area contributed by atoms with Crippen LogP contribution >= 0.6 is 0 Å². The summed E-state index contributed by atoms with van der Waals surface area (Å²) >= 11 is 0. The van der Waals surface area contributed by atoms with Gasteiger partial charge in [-0.05, 0) is 65.8 Å². The van der Waals surface area contributed by atoms with Gasteiger partial charge in [0, 0.05) is 23.0 Å². The van der Waals surface area contributed by atoms with Crippen molar-refractivity contribution in [1.82, 2.24) is 9.97 Å². The number of anilines is 1. The molecule has 0 unspecified atom stereocenters. The maximum atomic E-state index is 12.4. The third-order valence-corrected chi connectivity index (χ3v) is 5.69. The van der Waals surface area contributed by atoms with E-state index in [1.807, 2.05) is 24.3 Å². The van der Waals surface area contributed by atoms with Gasteiger partial charge in [-0.3, -0.25) is 14.5 Å². The number of ether oxygens (including phenoxy) is 1. The first-order chi connectivity index (χ1) is 15.0. The molecule has 0 saturated carbocycles. The molecule has 0 spiro atoms. The fourth-order valence-corrected chi connectivity index (χ4v) is 4.14. The maximum absolute atomic E-state index is 12.4. The molecule has 0 aliphatic heterocycles. The summed E-state index contributed by atoms with van der Waals surface area (Å²) in [4.78, 5) is 19.5. The summed E-state index contributed by atoms with van der Waals surface area (Å²) in [6.07, 6.45) is 5.51. The number of rotatable bonds is 7. The molecular formula is C24H29N3O4S. The molecule has 1 aromatic carbocycles. The molecule has 0 aliphatic rings. The Morgan fingerprint density at radius 3 is 2.44 bits per heavy atom. The smallest absolute Gasteiger partial charge is 0.255 e. The predicted molar refractivity (Wildman–Crippen MR) is 128 cm³/mol. The highest BCUT2D eigenvalue weighted by Gasteiger charge is 2.23. The van der Waals surface area contributed by atoms with Gasteiger partial charge in [0.05, 0.1) is 25.2 Å². The van der Waals surface area contributed by atoms with E-state index in [0.29, 0.717) is 24.1 Å². The Balaban J connectivity index is 1.97. The summed E-state index contributed by atoms with van der Waals surface area (Å²) in [6, 6.07) is 11.1. The Bertz CT molecular complexity index is 1260. The van der Waals surface area contributed by atoms with Crippen LogP contribution in [0.1, 0.15) is 37.6 Å². The summed E-state index contributed by atoms with van der Waals surface area (Å²) in [5, 5.41) is 0. The van der Waals surface area contributed by atoms with Crippen molar-refractivity contribution in [3.8, 4) is 16.9 Å². The predicted octanol–water partition coefficient (Wildman–Crippen LogP) is 3.90. The summed E-state index contributed by atoms with van der Waals surface area (Å²) in [5.41, 5.74) is 4.38. The van der Waals surface area contributed by atoms with Gasteiger partial charge < -0.3 is 9.72 Å². The van der Waals surface area contributed by atoms with Gasteiger partial charge in [0.25, 0.3) is 5.56 Å². The van der Waals surface area contributed by atoms with E-state index in [0.717, 1.165) is 34.4 Å². The molecule has 2 aromatic heterocycles. The second-order valence-electron chi connectivity index (χ2n) is 8.79. The Kier molecular flexibility index (Phi) is 6.74. The molecule has 32 heavy (non-hydrogen) atoms. The van der Waals surface area contributed by atoms with E-state index in [4.69, 9.17) is 4.74 Å². The normalized spacial score (nSPS) is 11.9. The second-order valence-corrected chi connectivity index (χ2v) is 10.5. The number of hydrogen-bond acceptors (Lipinski definition) is 5. The standard InChI is InChI=1S/C24H29N3O4S/c1-24(2,3)21-14-17(20-7-6-12-25-23(20)28)13-16(22(21)31-4)8-9-18-10-11-19(15-26-18)27-32(5,29)30/h6-7,10-15,27H,8-9H2,1-5H3,(H,25,28). The zero-order chi connectivity index (χ0) is 23.5. The second kappa shape index (κ2) is 9.16. The zero-order valence-corrected chi connectivity index (χ0v) is 19.8. The number of aromatic amines is 1. The van der Waals surface area contributed by atoms with Gasteiger partial charge in [-0.2, -0.15) is 0 Å². The monoisotopic (exact) mass is 455 g/mol. The lowest BCUT2D eigenvalue weighted by Crippen LogP contribution is -2.16. The molecular weight excluding hydrogens is 426 g/mol. The quantitative estimate of drug-likeness (QED) is 0.563. The summed E-state index contributed by atoms with van der Waals surface area (Å²) < 4.78 is 31.0. The molecule has 2 heterocycles. The first kappa shape index (κ1) is 23.5. The number of aryl methyl sites for hydroxylation is 2. The van der Waals surface area contributed by atoms with Gasteiger partial charge in [0.1, 0.15) is 5.75 Å². The maximum Gasteiger partial charge on any atom is 0.255 e. The lowest BCUT2D eigenvalue weighted by atomic mass is 9.82. The number of methoxy groups -OCH3 is 1. The van der Waals surface area contributed by atoms with Crippen molar-refractivity contribution in [2.24, 2.45) is 0 Å².